The van der Waals surface area contributed by atoms with E-state index in [4.69, 9.17) is 19.5 Å². The van der Waals surface area contributed by atoms with Crippen molar-refractivity contribution in [3.63, 3.8) is 0 Å². The molecule has 0 bridgehead atoms. The summed E-state index contributed by atoms with van der Waals surface area (Å²) in [6, 6.07) is 0. The molecular weight excluding hydrogens is 396 g/mol. The van der Waals surface area contributed by atoms with Crippen LogP contribution >= 0.6 is 0 Å². The van der Waals surface area contributed by atoms with Crippen molar-refractivity contribution < 1.29 is 32.1 Å². The Kier molecular flexibility index (Phi) is 186. The molecule has 0 unspecified atom stereocenters. The third-order valence-corrected chi connectivity index (χ3v) is 1.45. The van der Waals surface area contributed by atoms with Crippen LogP contribution in [0, 0.1) is 0 Å². The van der Waals surface area contributed by atoms with Gasteiger partial charge in [-0.3, -0.25) is 4.55 Å². The van der Waals surface area contributed by atoms with Crippen molar-refractivity contribution >= 4 is 10.4 Å². The fraction of sp³-hybridized carbons (Fsp3) is 0.429. The fourth-order valence-electron chi connectivity index (χ4n) is 0.447. The van der Waals surface area contributed by atoms with Crippen molar-refractivity contribution in [2.75, 3.05) is 26.4 Å². The summed E-state index contributed by atoms with van der Waals surface area (Å²) < 4.78 is 36.3. The Hall–Kier alpha value is -1.81. The largest absolute Gasteiger partial charge is 0.397 e. The number of rotatable bonds is 5. The van der Waals surface area contributed by atoms with E-state index < -0.39 is 16.5 Å². The van der Waals surface area contributed by atoms with Crippen molar-refractivity contribution in [2.24, 2.45) is 0 Å². The van der Waals surface area contributed by atoms with Gasteiger partial charge in [0.1, 0.15) is 0 Å². The third-order valence-electron chi connectivity index (χ3n) is 0.822. The molecule has 0 fully saturated rings. The molecule has 0 aromatic heterocycles. The molecule has 0 aliphatic rings. The summed E-state index contributed by atoms with van der Waals surface area (Å²) in [5.41, 5.74) is 0. The first-order chi connectivity index (χ1) is 13.7. The van der Waals surface area contributed by atoms with Crippen LogP contribution in [-0.4, -0.2) is 55.7 Å². The maximum Gasteiger partial charge on any atom is 0.397 e. The molecule has 0 heterocycles. The lowest BCUT2D eigenvalue weighted by atomic mass is 10.5. The first kappa shape index (κ1) is 56.4. The molecule has 0 aromatic carbocycles. The molecule has 0 spiro atoms. The van der Waals surface area contributed by atoms with E-state index in [1.54, 1.807) is 0 Å². The van der Waals surface area contributed by atoms with Crippen molar-refractivity contribution in [1.82, 2.24) is 0 Å². The Morgan fingerprint density at radius 1 is 0.690 bits per heavy atom. The maximum absolute atomic E-state index is 9.78. The van der Waals surface area contributed by atoms with Crippen LogP contribution in [0.25, 0.3) is 0 Å². The minimum absolute atomic E-state index is 0.125. The molecule has 0 aliphatic heterocycles. The summed E-state index contributed by atoms with van der Waals surface area (Å²) in [6.07, 6.45) is -0.495. The molecule has 0 saturated heterocycles. The number of ether oxygens (including phenoxy) is 1. The van der Waals surface area contributed by atoms with Gasteiger partial charge in [-0.05, 0) is 27.7 Å². The lowest BCUT2D eigenvalue weighted by Gasteiger charge is -1.99. The van der Waals surface area contributed by atoms with Crippen LogP contribution in [0.2, 0.25) is 0 Å². The molecule has 7 nitrogen and oxygen atoms in total. The molecule has 0 aliphatic carbocycles. The van der Waals surface area contributed by atoms with E-state index in [1.165, 1.54) is 13.8 Å². The van der Waals surface area contributed by atoms with Gasteiger partial charge >= 0.3 is 10.4 Å². The first-order valence-corrected chi connectivity index (χ1v) is 9.56. The number of aliphatic hydroxyl groups excluding tert-OH is 2. The monoisotopic (exact) mass is 444 g/mol. The second kappa shape index (κ2) is 95.5. The summed E-state index contributed by atoms with van der Waals surface area (Å²) in [7, 11) is -4.22. The smallest absolute Gasteiger partial charge is 0.394 e. The Balaban J connectivity index is -0.0000000241. The van der Waals surface area contributed by atoms with Crippen molar-refractivity contribution in [2.45, 2.75) is 33.8 Å². The van der Waals surface area contributed by atoms with Crippen LogP contribution < -0.4 is 0 Å². The standard InChI is InChI=1S/C4H10O.C3H8O4S.C2H6O2.6C2H4/c1-3-5-4-2;1-3(2)7-8(4,5)6;3-1-2-4;6*1-2/h3-4H2,1-2H3;3H,1-2H3,(H,4,5,6);3-4H,1-2H2;6*1-2H2. The topological polar surface area (TPSA) is 113 Å². The van der Waals surface area contributed by atoms with E-state index in [2.05, 4.69) is 83.1 Å². The SMILES string of the molecule is C=C.C=C.C=C.C=C.C=C.C=C.CC(C)OS(=O)(=O)O.CCOCC.OCCO. The Morgan fingerprint density at radius 3 is 0.897 bits per heavy atom. The van der Waals surface area contributed by atoms with Gasteiger partial charge in [0, 0.05) is 13.2 Å². The highest BCUT2D eigenvalue weighted by Gasteiger charge is 2.05. The van der Waals surface area contributed by atoms with Gasteiger partial charge in [-0.25, -0.2) is 4.18 Å². The molecule has 0 radical (unpaired) electrons. The Bertz CT molecular complexity index is 276. The summed E-state index contributed by atoms with van der Waals surface area (Å²) in [5, 5.41) is 15.2. The van der Waals surface area contributed by atoms with E-state index in [0.717, 1.165) is 13.2 Å². The highest BCUT2D eigenvalue weighted by molar-refractivity contribution is 7.80. The van der Waals surface area contributed by atoms with Crippen molar-refractivity contribution in [3.8, 4) is 0 Å². The van der Waals surface area contributed by atoms with Gasteiger partial charge in [0.2, 0.25) is 0 Å². The predicted octanol–water partition coefficient (Wildman–Crippen LogP) is 5.04. The van der Waals surface area contributed by atoms with Gasteiger partial charge < -0.3 is 14.9 Å². The molecule has 3 N–H and O–H groups in total. The summed E-state index contributed by atoms with van der Waals surface area (Å²) in [4.78, 5) is 0. The average molecular weight is 445 g/mol. The number of hydrogen-bond acceptors (Lipinski definition) is 6. The highest BCUT2D eigenvalue weighted by Crippen LogP contribution is 1.92. The number of hydrogen-bond donors (Lipinski definition) is 3. The normalized spacial score (nSPS) is 6.76. The highest BCUT2D eigenvalue weighted by atomic mass is 32.3. The molecule has 0 amide bonds. The minimum Gasteiger partial charge on any atom is -0.394 e. The zero-order valence-electron chi connectivity index (χ0n) is 19.3. The molecule has 0 saturated carbocycles. The van der Waals surface area contributed by atoms with E-state index in [0.29, 0.717) is 0 Å². The maximum atomic E-state index is 9.78. The van der Waals surface area contributed by atoms with Crippen LogP contribution in [0.5, 0.6) is 0 Å². The molecule has 8 heteroatoms. The van der Waals surface area contributed by atoms with Crippen LogP contribution in [0.4, 0.5) is 0 Å². The van der Waals surface area contributed by atoms with Gasteiger partial charge in [-0.1, -0.05) is 0 Å². The van der Waals surface area contributed by atoms with Crippen LogP contribution in [-0.2, 0) is 19.3 Å². The van der Waals surface area contributed by atoms with E-state index in [9.17, 15) is 8.42 Å². The molecule has 0 aromatic rings. The van der Waals surface area contributed by atoms with Crippen LogP contribution in [0.15, 0.2) is 78.9 Å². The van der Waals surface area contributed by atoms with Gasteiger partial charge in [0.25, 0.3) is 0 Å². The van der Waals surface area contributed by atoms with Crippen molar-refractivity contribution in [1.29, 1.82) is 0 Å². The zero-order valence-corrected chi connectivity index (χ0v) is 20.1. The van der Waals surface area contributed by atoms with E-state index in [1.807, 2.05) is 13.8 Å². The zero-order chi connectivity index (χ0) is 26.3. The van der Waals surface area contributed by atoms with E-state index in [-0.39, 0.29) is 13.2 Å². The minimum atomic E-state index is -4.22. The van der Waals surface area contributed by atoms with E-state index >= 15 is 0 Å². The Labute approximate surface area is 182 Å². The van der Waals surface area contributed by atoms with Gasteiger partial charge in [0.15, 0.2) is 0 Å². The first-order valence-electron chi connectivity index (χ1n) is 8.20. The summed E-state index contributed by atoms with van der Waals surface area (Å²) in [6.45, 7) is 44.4. The van der Waals surface area contributed by atoms with Gasteiger partial charge in [-0.15, -0.1) is 78.9 Å². The Morgan fingerprint density at radius 2 is 0.897 bits per heavy atom. The third kappa shape index (κ3) is 400. The lowest BCUT2D eigenvalue weighted by Crippen LogP contribution is -2.10. The van der Waals surface area contributed by atoms with Crippen molar-refractivity contribution in [3.05, 3.63) is 78.9 Å². The lowest BCUT2D eigenvalue weighted by molar-refractivity contribution is 0.162. The van der Waals surface area contributed by atoms with Gasteiger partial charge in [0.05, 0.1) is 19.3 Å². The van der Waals surface area contributed by atoms with Crippen LogP contribution in [0.1, 0.15) is 27.7 Å². The summed E-state index contributed by atoms with van der Waals surface area (Å²) in [5.74, 6) is 0. The molecule has 29 heavy (non-hydrogen) atoms. The molecule has 0 atom stereocenters. The quantitative estimate of drug-likeness (QED) is 0.402. The number of aliphatic hydroxyl groups is 2. The van der Waals surface area contributed by atoms with Gasteiger partial charge in [-0.2, -0.15) is 8.42 Å². The summed E-state index contributed by atoms with van der Waals surface area (Å²) >= 11 is 0. The molecular formula is C21H48O7S. The average Bonchev–Trinajstić information content (AvgIpc) is 2.76. The second-order valence-electron chi connectivity index (χ2n) is 2.80. The second-order valence-corrected chi connectivity index (χ2v) is 3.85. The fourth-order valence-corrected chi connectivity index (χ4v) is 0.934. The predicted molar refractivity (Wildman–Crippen MR) is 132 cm³/mol. The molecule has 0 rings (SSSR count). The molecule has 180 valence electrons. The van der Waals surface area contributed by atoms with Crippen LogP contribution in [0.3, 0.4) is 0 Å².